The van der Waals surface area contributed by atoms with Gasteiger partial charge in [-0.3, -0.25) is 19.2 Å². The topological polar surface area (TPSA) is 165 Å². The second-order valence-electron chi connectivity index (χ2n) is 14.8. The van der Waals surface area contributed by atoms with Gasteiger partial charge < -0.3 is 42.5 Å². The molecule has 0 aromatic rings. The van der Waals surface area contributed by atoms with Crippen LogP contribution in [0.4, 0.5) is 0 Å². The quantitative estimate of drug-likeness (QED) is 0.177. The SMILES string of the molecule is CC1(C)CNCCCNCC(C)(C)CNC(=O)C(=O)NCC(C)(C)CNCCCNCC(C)(C)CNC(=O)C(=O)NC1. The average molecular weight is 597 g/mol. The van der Waals surface area contributed by atoms with Crippen LogP contribution >= 0.6 is 0 Å². The lowest BCUT2D eigenvalue weighted by molar-refractivity contribution is -0.139. The lowest BCUT2D eigenvalue weighted by Crippen LogP contribution is -2.49. The van der Waals surface area contributed by atoms with E-state index in [9.17, 15) is 19.2 Å². The number of nitrogens with one attached hydrogen (secondary N) is 8. The second kappa shape index (κ2) is 17.7. The summed E-state index contributed by atoms with van der Waals surface area (Å²) in [5, 5.41) is 24.8. The zero-order chi connectivity index (χ0) is 31.9. The summed E-state index contributed by atoms with van der Waals surface area (Å²) in [6, 6.07) is 0. The molecule has 42 heavy (non-hydrogen) atoms. The van der Waals surface area contributed by atoms with E-state index in [1.54, 1.807) is 0 Å². The van der Waals surface area contributed by atoms with Gasteiger partial charge in [-0.2, -0.15) is 0 Å². The highest BCUT2D eigenvalue weighted by Crippen LogP contribution is 2.14. The van der Waals surface area contributed by atoms with E-state index in [-0.39, 0.29) is 21.7 Å². The number of hydrogen-bond acceptors (Lipinski definition) is 8. The van der Waals surface area contributed by atoms with Crippen LogP contribution in [0.25, 0.3) is 0 Å². The Kier molecular flexibility index (Phi) is 15.9. The van der Waals surface area contributed by atoms with E-state index in [1.807, 2.05) is 55.4 Å². The highest BCUT2D eigenvalue weighted by Gasteiger charge is 2.25. The Morgan fingerprint density at radius 3 is 0.738 bits per heavy atom. The minimum Gasteiger partial charge on any atom is -0.347 e. The Morgan fingerprint density at radius 1 is 0.357 bits per heavy atom. The molecule has 0 radical (unpaired) electrons. The molecule has 1 aliphatic heterocycles. The van der Waals surface area contributed by atoms with Crippen molar-refractivity contribution in [1.82, 2.24) is 42.5 Å². The Hall–Kier alpha value is -2.28. The Labute approximate surface area is 253 Å². The number of amides is 4. The van der Waals surface area contributed by atoms with Crippen molar-refractivity contribution in [2.45, 2.75) is 68.2 Å². The van der Waals surface area contributed by atoms with Crippen LogP contribution in [0, 0.1) is 21.7 Å². The van der Waals surface area contributed by atoms with E-state index in [4.69, 9.17) is 0 Å². The molecule has 0 aromatic heterocycles. The third-order valence-electron chi connectivity index (χ3n) is 7.15. The molecule has 0 bridgehead atoms. The number of hydrogen-bond donors (Lipinski definition) is 8. The molecule has 12 heteroatoms. The molecule has 0 aliphatic carbocycles. The van der Waals surface area contributed by atoms with Gasteiger partial charge in [0.25, 0.3) is 0 Å². The normalized spacial score (nSPS) is 25.1. The summed E-state index contributed by atoms with van der Waals surface area (Å²) in [6.45, 7) is 23.9. The zero-order valence-electron chi connectivity index (χ0n) is 27.5. The molecular formula is C30H60N8O4. The summed E-state index contributed by atoms with van der Waals surface area (Å²) in [7, 11) is 0. The fraction of sp³-hybridized carbons (Fsp3) is 0.867. The molecule has 4 amide bonds. The minimum absolute atomic E-state index is 0.218. The number of carbonyl (C=O) groups is 4. The standard InChI is InChI=1S/C30H60N8O4/c1-27(2)15-31-11-9-12-32-16-29(5,6)21-37-25(41)26(42)38-22-30(7,8)18-34-14-10-13-33-17-28(3,4)20-36-24(40)23(39)35-19-27/h31-34H,9-22H2,1-8H3,(H,35,39)(H,36,40)(H,37,41)(H,38,42). The van der Waals surface area contributed by atoms with Crippen LogP contribution in [0.2, 0.25) is 0 Å². The first-order valence-electron chi connectivity index (χ1n) is 15.4. The fourth-order valence-electron chi connectivity index (χ4n) is 4.23. The largest absolute Gasteiger partial charge is 0.347 e. The van der Waals surface area contributed by atoms with Gasteiger partial charge >= 0.3 is 23.6 Å². The molecule has 0 saturated carbocycles. The van der Waals surface area contributed by atoms with Crippen molar-refractivity contribution in [2.24, 2.45) is 21.7 Å². The van der Waals surface area contributed by atoms with E-state index in [1.165, 1.54) is 0 Å². The van der Waals surface area contributed by atoms with Crippen molar-refractivity contribution in [3.05, 3.63) is 0 Å². The number of rotatable bonds is 0. The molecule has 12 nitrogen and oxygen atoms in total. The third-order valence-corrected chi connectivity index (χ3v) is 7.15. The summed E-state index contributed by atoms with van der Waals surface area (Å²) in [5.74, 6) is -2.43. The Bertz CT molecular complexity index is 735. The maximum atomic E-state index is 12.4. The highest BCUT2D eigenvalue weighted by atomic mass is 16.2. The van der Waals surface area contributed by atoms with Crippen molar-refractivity contribution in [1.29, 1.82) is 0 Å². The van der Waals surface area contributed by atoms with Crippen LogP contribution in [0.15, 0.2) is 0 Å². The van der Waals surface area contributed by atoms with Gasteiger partial charge in [0.1, 0.15) is 0 Å². The first kappa shape index (κ1) is 37.7. The molecule has 0 spiro atoms. The molecule has 1 rings (SSSR count). The maximum absolute atomic E-state index is 12.4. The maximum Gasteiger partial charge on any atom is 0.309 e. The Balaban J connectivity index is 2.68. The molecule has 8 N–H and O–H groups in total. The van der Waals surface area contributed by atoms with E-state index in [0.29, 0.717) is 52.4 Å². The fourth-order valence-corrected chi connectivity index (χ4v) is 4.23. The van der Waals surface area contributed by atoms with E-state index in [2.05, 4.69) is 42.5 Å². The lowest BCUT2D eigenvalue weighted by Gasteiger charge is -2.27. The summed E-state index contributed by atoms with van der Waals surface area (Å²) < 4.78 is 0. The van der Waals surface area contributed by atoms with Gasteiger partial charge in [-0.25, -0.2) is 0 Å². The van der Waals surface area contributed by atoms with E-state index < -0.39 is 23.6 Å². The predicted octanol–water partition coefficient (Wildman–Crippen LogP) is -0.292. The van der Waals surface area contributed by atoms with Crippen LogP contribution in [-0.4, -0.2) is 102 Å². The van der Waals surface area contributed by atoms with Crippen molar-refractivity contribution in [3.63, 3.8) is 0 Å². The smallest absolute Gasteiger partial charge is 0.309 e. The molecule has 244 valence electrons. The van der Waals surface area contributed by atoms with Crippen LogP contribution in [0.3, 0.4) is 0 Å². The lowest BCUT2D eigenvalue weighted by atomic mass is 9.92. The van der Waals surface area contributed by atoms with Gasteiger partial charge in [0.05, 0.1) is 0 Å². The van der Waals surface area contributed by atoms with Crippen molar-refractivity contribution < 1.29 is 19.2 Å². The highest BCUT2D eigenvalue weighted by molar-refractivity contribution is 6.35. The molecule has 0 unspecified atom stereocenters. The average Bonchev–Trinajstić information content (AvgIpc) is 2.90. The summed E-state index contributed by atoms with van der Waals surface area (Å²) in [5.41, 5.74) is -0.872. The molecule has 0 atom stereocenters. The molecule has 1 saturated heterocycles. The summed E-state index contributed by atoms with van der Waals surface area (Å²) in [6.07, 6.45) is 1.82. The first-order chi connectivity index (χ1) is 19.4. The second-order valence-corrected chi connectivity index (χ2v) is 14.8. The molecule has 1 heterocycles. The van der Waals surface area contributed by atoms with Crippen LogP contribution < -0.4 is 42.5 Å². The van der Waals surface area contributed by atoms with Gasteiger partial charge in [0, 0.05) is 52.4 Å². The molecule has 1 aliphatic rings. The van der Waals surface area contributed by atoms with Crippen LogP contribution in [0.1, 0.15) is 68.2 Å². The van der Waals surface area contributed by atoms with Gasteiger partial charge in [-0.05, 0) is 60.7 Å². The summed E-state index contributed by atoms with van der Waals surface area (Å²) >= 11 is 0. The first-order valence-corrected chi connectivity index (χ1v) is 15.4. The van der Waals surface area contributed by atoms with Gasteiger partial charge in [0.15, 0.2) is 0 Å². The molecular weight excluding hydrogens is 536 g/mol. The van der Waals surface area contributed by atoms with Crippen LogP contribution in [-0.2, 0) is 19.2 Å². The molecule has 1 fully saturated rings. The van der Waals surface area contributed by atoms with Crippen molar-refractivity contribution in [3.8, 4) is 0 Å². The van der Waals surface area contributed by atoms with Gasteiger partial charge in [0.2, 0.25) is 0 Å². The Morgan fingerprint density at radius 2 is 0.548 bits per heavy atom. The van der Waals surface area contributed by atoms with E-state index in [0.717, 1.165) is 39.0 Å². The van der Waals surface area contributed by atoms with E-state index >= 15 is 0 Å². The van der Waals surface area contributed by atoms with Gasteiger partial charge in [-0.1, -0.05) is 55.4 Å². The third kappa shape index (κ3) is 17.6. The predicted molar refractivity (Wildman–Crippen MR) is 168 cm³/mol. The summed E-state index contributed by atoms with van der Waals surface area (Å²) in [4.78, 5) is 49.5. The zero-order valence-corrected chi connectivity index (χ0v) is 27.5. The monoisotopic (exact) mass is 596 g/mol. The van der Waals surface area contributed by atoms with Crippen LogP contribution in [0.5, 0.6) is 0 Å². The van der Waals surface area contributed by atoms with Crippen molar-refractivity contribution >= 4 is 23.6 Å². The molecule has 0 aromatic carbocycles. The number of carbonyl (C=O) groups excluding carboxylic acids is 4. The minimum atomic E-state index is -0.608. The van der Waals surface area contributed by atoms with Crippen molar-refractivity contribution in [2.75, 3.05) is 78.5 Å². The van der Waals surface area contributed by atoms with Gasteiger partial charge in [-0.15, -0.1) is 0 Å².